The van der Waals surface area contributed by atoms with Crippen LogP contribution >= 0.6 is 23.2 Å². The average Bonchev–Trinajstić information content (AvgIpc) is 2.79. The highest BCUT2D eigenvalue weighted by molar-refractivity contribution is 7.92. The second kappa shape index (κ2) is 10.4. The van der Waals surface area contributed by atoms with Crippen LogP contribution in [0.4, 0.5) is 11.4 Å². The Morgan fingerprint density at radius 1 is 1.06 bits per heavy atom. The van der Waals surface area contributed by atoms with Crippen LogP contribution < -0.4 is 9.73 Å². The fourth-order valence-corrected chi connectivity index (χ4v) is 4.53. The van der Waals surface area contributed by atoms with Crippen LogP contribution in [0, 0.1) is 10.1 Å². The number of hydrogen-bond donors (Lipinski definition) is 1. The number of halogens is 2. The fraction of sp³-hybridized carbons (Fsp3) is 0.0476. The van der Waals surface area contributed by atoms with Crippen molar-refractivity contribution in [3.8, 4) is 0 Å². The van der Waals surface area contributed by atoms with Crippen molar-refractivity contribution in [3.05, 3.63) is 98.5 Å². The van der Waals surface area contributed by atoms with Crippen LogP contribution in [0.2, 0.25) is 10.0 Å². The maximum Gasteiger partial charge on any atom is 0.270 e. The van der Waals surface area contributed by atoms with E-state index in [4.69, 9.17) is 23.2 Å². The van der Waals surface area contributed by atoms with Crippen LogP contribution in [0.1, 0.15) is 5.56 Å². The highest BCUT2D eigenvalue weighted by Gasteiger charge is 2.27. The first-order chi connectivity index (χ1) is 15.7. The quantitative estimate of drug-likeness (QED) is 0.278. The number of hydrogen-bond acceptors (Lipinski definition) is 6. The normalized spacial score (nSPS) is 11.3. The molecule has 0 aliphatic rings. The molecule has 1 amide bonds. The molecule has 0 aromatic heterocycles. The van der Waals surface area contributed by atoms with Gasteiger partial charge in [-0.15, -0.1) is 0 Å². The molecule has 33 heavy (non-hydrogen) atoms. The van der Waals surface area contributed by atoms with E-state index < -0.39 is 27.4 Å². The number of nitrogens with zero attached hydrogens (tertiary/aromatic N) is 3. The van der Waals surface area contributed by atoms with E-state index in [0.717, 1.165) is 10.5 Å². The number of benzene rings is 3. The Hall–Kier alpha value is -3.47. The third kappa shape index (κ3) is 6.07. The van der Waals surface area contributed by atoms with E-state index in [0.29, 0.717) is 5.02 Å². The molecule has 0 aliphatic heterocycles. The van der Waals surface area contributed by atoms with Crippen molar-refractivity contribution in [3.63, 3.8) is 0 Å². The van der Waals surface area contributed by atoms with Crippen molar-refractivity contribution in [2.45, 2.75) is 4.90 Å². The number of anilines is 1. The van der Waals surface area contributed by atoms with Gasteiger partial charge in [0.15, 0.2) is 0 Å². The Balaban J connectivity index is 1.83. The van der Waals surface area contributed by atoms with Crippen molar-refractivity contribution in [2.24, 2.45) is 5.10 Å². The summed E-state index contributed by atoms with van der Waals surface area (Å²) in [6.45, 7) is -0.600. The van der Waals surface area contributed by atoms with Crippen LogP contribution in [-0.2, 0) is 14.8 Å². The summed E-state index contributed by atoms with van der Waals surface area (Å²) in [5.74, 6) is -0.757. The summed E-state index contributed by atoms with van der Waals surface area (Å²) in [5, 5.41) is 15.1. The zero-order valence-electron chi connectivity index (χ0n) is 16.8. The second-order valence-electron chi connectivity index (χ2n) is 6.56. The number of carbonyl (C=O) groups excluding carboxylic acids is 1. The number of amides is 1. The van der Waals surface area contributed by atoms with Crippen molar-refractivity contribution >= 4 is 56.7 Å². The zero-order chi connectivity index (χ0) is 24.0. The standard InChI is InChI=1S/C21H16Cl2N4O5S/c22-16-5-4-6-17(12-16)26(33(31,32)19-7-2-1-3-8-19)14-21(28)25-24-13-15-11-18(27(29)30)9-10-20(15)23/h1-13H,14H2,(H,25,28)/b24-13-. The van der Waals surface area contributed by atoms with Gasteiger partial charge < -0.3 is 0 Å². The molecule has 9 nitrogen and oxygen atoms in total. The molecule has 0 heterocycles. The molecule has 0 saturated carbocycles. The maximum absolute atomic E-state index is 13.2. The average molecular weight is 507 g/mol. The van der Waals surface area contributed by atoms with Crippen LogP contribution in [0.25, 0.3) is 0 Å². The summed E-state index contributed by atoms with van der Waals surface area (Å²) >= 11 is 12.0. The Kier molecular flexibility index (Phi) is 7.64. The minimum Gasteiger partial charge on any atom is -0.271 e. The number of nitrogens with one attached hydrogen (secondary N) is 1. The zero-order valence-corrected chi connectivity index (χ0v) is 19.1. The van der Waals surface area contributed by atoms with E-state index >= 15 is 0 Å². The molecule has 0 unspecified atom stereocenters. The molecule has 0 bridgehead atoms. The molecule has 12 heteroatoms. The van der Waals surface area contributed by atoms with Gasteiger partial charge in [0.2, 0.25) is 0 Å². The van der Waals surface area contributed by atoms with Gasteiger partial charge in [-0.25, -0.2) is 13.8 Å². The van der Waals surface area contributed by atoms with Crippen LogP contribution in [0.3, 0.4) is 0 Å². The lowest BCUT2D eigenvalue weighted by Gasteiger charge is -2.23. The largest absolute Gasteiger partial charge is 0.271 e. The minimum atomic E-state index is -4.10. The van der Waals surface area contributed by atoms with E-state index in [9.17, 15) is 23.3 Å². The minimum absolute atomic E-state index is 0.00958. The SMILES string of the molecule is O=C(CN(c1cccc(Cl)c1)S(=O)(=O)c1ccccc1)N/N=C\c1cc([N+](=O)[O-])ccc1Cl. The topological polar surface area (TPSA) is 122 Å². The summed E-state index contributed by atoms with van der Waals surface area (Å²) in [4.78, 5) is 22.8. The molecule has 0 spiro atoms. The van der Waals surface area contributed by atoms with Crippen molar-refractivity contribution in [1.82, 2.24) is 5.43 Å². The molecule has 1 N–H and O–H groups in total. The predicted octanol–water partition coefficient (Wildman–Crippen LogP) is 4.25. The lowest BCUT2D eigenvalue weighted by atomic mass is 10.2. The van der Waals surface area contributed by atoms with Gasteiger partial charge in [0.05, 0.1) is 21.7 Å². The van der Waals surface area contributed by atoms with Gasteiger partial charge in [0.1, 0.15) is 6.54 Å². The summed E-state index contributed by atoms with van der Waals surface area (Å²) in [6.07, 6.45) is 1.13. The number of carbonyl (C=O) groups is 1. The summed E-state index contributed by atoms with van der Waals surface area (Å²) in [5.41, 5.74) is 2.40. The van der Waals surface area contributed by atoms with Gasteiger partial charge in [-0.05, 0) is 36.4 Å². The van der Waals surface area contributed by atoms with E-state index in [1.807, 2.05) is 0 Å². The van der Waals surface area contributed by atoms with Crippen LogP contribution in [0.5, 0.6) is 0 Å². The first-order valence-corrected chi connectivity index (χ1v) is 11.5. The fourth-order valence-electron chi connectivity index (χ4n) is 2.75. The molecule has 3 aromatic carbocycles. The number of hydrazone groups is 1. The van der Waals surface area contributed by atoms with Gasteiger partial charge in [0.25, 0.3) is 21.6 Å². The molecular weight excluding hydrogens is 491 g/mol. The van der Waals surface area contributed by atoms with Crippen LogP contribution in [-0.4, -0.2) is 32.0 Å². The van der Waals surface area contributed by atoms with E-state index in [1.54, 1.807) is 30.3 Å². The first kappa shape index (κ1) is 24.2. The molecule has 3 aromatic rings. The highest BCUT2D eigenvalue weighted by Crippen LogP contribution is 2.26. The summed E-state index contributed by atoms with van der Waals surface area (Å²) in [6, 6.07) is 17.4. The van der Waals surface area contributed by atoms with Crippen molar-refractivity contribution in [2.75, 3.05) is 10.8 Å². The number of nitro benzene ring substituents is 1. The van der Waals surface area contributed by atoms with Gasteiger partial charge in [-0.2, -0.15) is 5.10 Å². The molecule has 0 fully saturated rings. The first-order valence-electron chi connectivity index (χ1n) is 9.27. The van der Waals surface area contributed by atoms with Gasteiger partial charge in [-0.3, -0.25) is 19.2 Å². The number of nitro groups is 1. The highest BCUT2D eigenvalue weighted by atomic mass is 35.5. The third-order valence-electron chi connectivity index (χ3n) is 4.30. The smallest absolute Gasteiger partial charge is 0.270 e. The van der Waals surface area contributed by atoms with Gasteiger partial charge >= 0.3 is 0 Å². The molecule has 170 valence electrons. The Bertz CT molecular complexity index is 1320. The maximum atomic E-state index is 13.2. The molecule has 3 rings (SSSR count). The monoisotopic (exact) mass is 506 g/mol. The summed E-state index contributed by atoms with van der Waals surface area (Å²) < 4.78 is 27.3. The van der Waals surface area contributed by atoms with Gasteiger partial charge in [0, 0.05) is 27.7 Å². The summed E-state index contributed by atoms with van der Waals surface area (Å²) in [7, 11) is -4.10. The number of sulfonamides is 1. The van der Waals surface area contributed by atoms with E-state index in [1.165, 1.54) is 42.5 Å². The predicted molar refractivity (Wildman–Crippen MR) is 126 cm³/mol. The lowest BCUT2D eigenvalue weighted by molar-refractivity contribution is -0.384. The Labute approximate surface area is 199 Å². The van der Waals surface area contributed by atoms with Gasteiger partial charge in [-0.1, -0.05) is 47.5 Å². The van der Waals surface area contributed by atoms with Crippen molar-refractivity contribution in [1.29, 1.82) is 0 Å². The lowest BCUT2D eigenvalue weighted by Crippen LogP contribution is -2.39. The Morgan fingerprint density at radius 2 is 1.79 bits per heavy atom. The molecule has 0 radical (unpaired) electrons. The van der Waals surface area contributed by atoms with Crippen molar-refractivity contribution < 1.29 is 18.1 Å². The number of rotatable bonds is 8. The van der Waals surface area contributed by atoms with Crippen LogP contribution in [0.15, 0.2) is 82.8 Å². The van der Waals surface area contributed by atoms with E-state index in [2.05, 4.69) is 10.5 Å². The molecule has 0 saturated heterocycles. The number of non-ortho nitro benzene ring substituents is 1. The second-order valence-corrected chi connectivity index (χ2v) is 9.27. The third-order valence-corrected chi connectivity index (χ3v) is 6.67. The molecule has 0 atom stereocenters. The Morgan fingerprint density at radius 3 is 2.45 bits per heavy atom. The molecular formula is C21H16Cl2N4O5S. The van der Waals surface area contributed by atoms with E-state index in [-0.39, 0.29) is 26.9 Å². The molecule has 0 aliphatic carbocycles.